The van der Waals surface area contributed by atoms with E-state index in [2.05, 4.69) is 47.9 Å². The Kier molecular flexibility index (Phi) is 5.25. The maximum Gasteiger partial charge on any atom is 0.181 e. The van der Waals surface area contributed by atoms with Crippen molar-refractivity contribution < 1.29 is 0 Å². The third-order valence-corrected chi connectivity index (χ3v) is 7.84. The van der Waals surface area contributed by atoms with Gasteiger partial charge in [-0.05, 0) is 44.0 Å². The third kappa shape index (κ3) is 3.87. The molecule has 0 aliphatic carbocycles. The van der Waals surface area contributed by atoms with Crippen molar-refractivity contribution in [2.75, 3.05) is 5.75 Å². The monoisotopic (exact) mass is 382 g/mol. The zero-order valence-electron chi connectivity index (χ0n) is 13.7. The first-order valence-corrected chi connectivity index (χ1v) is 10.8. The maximum absolute atomic E-state index is 4.64. The molecule has 4 nitrogen and oxygen atoms in total. The molecule has 3 heterocycles. The fourth-order valence-electron chi connectivity index (χ4n) is 2.01. The van der Waals surface area contributed by atoms with E-state index in [0.29, 0.717) is 5.92 Å². The topological polar surface area (TPSA) is 51.6 Å². The number of aryl methyl sites for hydroxylation is 3. The second-order valence-electron chi connectivity index (χ2n) is 5.68. The molecule has 0 spiro atoms. The highest BCUT2D eigenvalue weighted by atomic mass is 32.2. The Labute approximate surface area is 152 Å². The Morgan fingerprint density at radius 2 is 1.74 bits per heavy atom. The molecule has 0 saturated carbocycles. The largest absolute Gasteiger partial charge is 0.226 e. The first kappa shape index (κ1) is 17.1. The van der Waals surface area contributed by atoms with E-state index in [-0.39, 0.29) is 0 Å². The standard InChI is InChI=1S/C15H18N4S4/c1-7(2)6-20-14-18-19-15(23-14)22-13-11-8(3)9(4)21-12(11)16-10(5)17-13/h7H,6H2,1-5H3. The zero-order chi connectivity index (χ0) is 16.6. The number of thiophene rings is 1. The molecule has 0 N–H and O–H groups in total. The minimum Gasteiger partial charge on any atom is -0.226 e. The summed E-state index contributed by atoms with van der Waals surface area (Å²) in [5, 5.41) is 10.8. The summed E-state index contributed by atoms with van der Waals surface area (Å²) in [5.74, 6) is 2.53. The van der Waals surface area contributed by atoms with Gasteiger partial charge in [-0.2, -0.15) is 0 Å². The molecule has 0 aliphatic heterocycles. The van der Waals surface area contributed by atoms with Crippen molar-refractivity contribution >= 4 is 56.4 Å². The van der Waals surface area contributed by atoms with Gasteiger partial charge in [-0.3, -0.25) is 0 Å². The van der Waals surface area contributed by atoms with Gasteiger partial charge in [0.25, 0.3) is 0 Å². The van der Waals surface area contributed by atoms with E-state index in [4.69, 9.17) is 0 Å². The van der Waals surface area contributed by atoms with Crippen LogP contribution in [0.3, 0.4) is 0 Å². The number of rotatable bonds is 5. The van der Waals surface area contributed by atoms with E-state index < -0.39 is 0 Å². The van der Waals surface area contributed by atoms with Crippen molar-refractivity contribution in [2.45, 2.75) is 48.3 Å². The molecule has 0 unspecified atom stereocenters. The Morgan fingerprint density at radius 1 is 1.00 bits per heavy atom. The smallest absolute Gasteiger partial charge is 0.181 e. The summed E-state index contributed by atoms with van der Waals surface area (Å²) in [6, 6.07) is 0. The first-order chi connectivity index (χ1) is 10.9. The number of fused-ring (bicyclic) bond motifs is 1. The number of nitrogens with zero attached hydrogens (tertiary/aromatic N) is 4. The lowest BCUT2D eigenvalue weighted by molar-refractivity contribution is 0.749. The minimum absolute atomic E-state index is 0.653. The number of aromatic nitrogens is 4. The normalized spacial score (nSPS) is 11.7. The molecule has 23 heavy (non-hydrogen) atoms. The fourth-order valence-corrected chi connectivity index (χ4v) is 6.28. The van der Waals surface area contributed by atoms with Crippen molar-refractivity contribution in [3.8, 4) is 0 Å². The van der Waals surface area contributed by atoms with Gasteiger partial charge in [0.15, 0.2) is 8.68 Å². The van der Waals surface area contributed by atoms with Crippen LogP contribution in [0.1, 0.15) is 30.1 Å². The summed E-state index contributed by atoms with van der Waals surface area (Å²) in [6.45, 7) is 10.6. The zero-order valence-corrected chi connectivity index (χ0v) is 17.0. The van der Waals surface area contributed by atoms with Crippen molar-refractivity contribution in [3.05, 3.63) is 16.3 Å². The van der Waals surface area contributed by atoms with Crippen LogP contribution < -0.4 is 0 Å². The summed E-state index contributed by atoms with van der Waals surface area (Å²) in [4.78, 5) is 11.6. The van der Waals surface area contributed by atoms with E-state index in [1.807, 2.05) is 6.92 Å². The van der Waals surface area contributed by atoms with Gasteiger partial charge in [0.2, 0.25) is 0 Å². The lowest BCUT2D eigenvalue weighted by Crippen LogP contribution is -1.91. The molecule has 8 heteroatoms. The fraction of sp³-hybridized carbons (Fsp3) is 0.467. The summed E-state index contributed by atoms with van der Waals surface area (Å²) in [6.07, 6.45) is 0. The number of hydrogen-bond donors (Lipinski definition) is 0. The Bertz CT molecular complexity index is 837. The third-order valence-electron chi connectivity index (χ3n) is 3.22. The molecule has 0 aromatic carbocycles. The molecule has 0 saturated heterocycles. The predicted octanol–water partition coefficient (Wildman–Crippen LogP) is 5.37. The summed E-state index contributed by atoms with van der Waals surface area (Å²) in [5.41, 5.74) is 1.27. The molecule has 3 aromatic heterocycles. The van der Waals surface area contributed by atoms with Crippen LogP contribution in [0.25, 0.3) is 10.2 Å². The van der Waals surface area contributed by atoms with E-state index >= 15 is 0 Å². The average molecular weight is 383 g/mol. The van der Waals surface area contributed by atoms with E-state index in [1.165, 1.54) is 10.4 Å². The van der Waals surface area contributed by atoms with Crippen LogP contribution in [-0.4, -0.2) is 25.9 Å². The second-order valence-corrected chi connectivity index (χ2v) is 10.4. The van der Waals surface area contributed by atoms with E-state index in [0.717, 1.165) is 35.5 Å². The average Bonchev–Trinajstić information content (AvgIpc) is 3.02. The molecule has 0 atom stereocenters. The van der Waals surface area contributed by atoms with Crippen LogP contribution in [0, 0.1) is 26.7 Å². The number of hydrogen-bond acceptors (Lipinski definition) is 8. The minimum atomic E-state index is 0.653. The molecule has 0 bridgehead atoms. The first-order valence-electron chi connectivity index (χ1n) is 7.32. The summed E-state index contributed by atoms with van der Waals surface area (Å²) < 4.78 is 1.97. The lowest BCUT2D eigenvalue weighted by Gasteiger charge is -2.02. The van der Waals surface area contributed by atoms with Crippen molar-refractivity contribution in [1.82, 2.24) is 20.2 Å². The van der Waals surface area contributed by atoms with Crippen LogP contribution >= 0.6 is 46.2 Å². The Hall–Kier alpha value is -0.700. The molecule has 3 rings (SSSR count). The highest BCUT2D eigenvalue weighted by Gasteiger charge is 2.16. The van der Waals surface area contributed by atoms with Crippen LogP contribution in [0.5, 0.6) is 0 Å². The lowest BCUT2D eigenvalue weighted by atomic mass is 10.2. The van der Waals surface area contributed by atoms with Crippen LogP contribution in [0.2, 0.25) is 0 Å². The predicted molar refractivity (Wildman–Crippen MR) is 101 cm³/mol. The van der Waals surface area contributed by atoms with Crippen LogP contribution in [0.4, 0.5) is 0 Å². The Morgan fingerprint density at radius 3 is 2.48 bits per heavy atom. The molecule has 122 valence electrons. The van der Waals surface area contributed by atoms with Gasteiger partial charge in [0.05, 0.1) is 0 Å². The highest BCUT2D eigenvalue weighted by molar-refractivity contribution is 8.03. The van der Waals surface area contributed by atoms with E-state index in [1.54, 1.807) is 46.2 Å². The Balaban J connectivity index is 1.89. The van der Waals surface area contributed by atoms with Gasteiger partial charge < -0.3 is 0 Å². The molecule has 0 fully saturated rings. The van der Waals surface area contributed by atoms with Crippen molar-refractivity contribution in [2.24, 2.45) is 5.92 Å². The molecule has 0 aliphatic rings. The van der Waals surface area contributed by atoms with Gasteiger partial charge in [-0.15, -0.1) is 21.5 Å². The van der Waals surface area contributed by atoms with Crippen LogP contribution in [-0.2, 0) is 0 Å². The van der Waals surface area contributed by atoms with E-state index in [9.17, 15) is 0 Å². The maximum atomic E-state index is 4.64. The number of thioether (sulfide) groups is 1. The summed E-state index contributed by atoms with van der Waals surface area (Å²) >= 11 is 6.75. The molecular weight excluding hydrogens is 364 g/mol. The van der Waals surface area contributed by atoms with Crippen molar-refractivity contribution in [1.29, 1.82) is 0 Å². The van der Waals surface area contributed by atoms with Crippen LogP contribution in [0.15, 0.2) is 13.7 Å². The molecule has 3 aromatic rings. The van der Waals surface area contributed by atoms with Gasteiger partial charge in [0, 0.05) is 16.0 Å². The SMILES string of the molecule is Cc1nc(Sc2nnc(SCC(C)C)s2)c2c(C)c(C)sc2n1. The summed E-state index contributed by atoms with van der Waals surface area (Å²) in [7, 11) is 0. The molecular formula is C15H18N4S4. The van der Waals surface area contributed by atoms with Gasteiger partial charge in [-0.25, -0.2) is 9.97 Å². The quantitative estimate of drug-likeness (QED) is 0.437. The second kappa shape index (κ2) is 7.04. The molecule has 0 amide bonds. The van der Waals surface area contributed by atoms with Gasteiger partial charge in [-0.1, -0.05) is 36.9 Å². The molecule has 0 radical (unpaired) electrons. The van der Waals surface area contributed by atoms with Gasteiger partial charge >= 0.3 is 0 Å². The van der Waals surface area contributed by atoms with Gasteiger partial charge in [0.1, 0.15) is 15.7 Å². The van der Waals surface area contributed by atoms with Crippen molar-refractivity contribution in [3.63, 3.8) is 0 Å². The highest BCUT2D eigenvalue weighted by Crippen LogP contribution is 2.39.